The van der Waals surface area contributed by atoms with Gasteiger partial charge in [-0.05, 0) is 24.5 Å². The lowest BCUT2D eigenvalue weighted by molar-refractivity contribution is 0.0521. The van der Waals surface area contributed by atoms with Gasteiger partial charge >= 0.3 is 5.97 Å². The standard InChI is InChI=1S/C12H15FO2/c1-4-15-12(14)10-7-5-6-9(8(2)3)11(10)13/h5-8H,4H2,1-3H3. The normalized spacial score (nSPS) is 10.5. The smallest absolute Gasteiger partial charge is 0.341 e. The summed E-state index contributed by atoms with van der Waals surface area (Å²) < 4.78 is 18.6. The predicted octanol–water partition coefficient (Wildman–Crippen LogP) is 3.13. The van der Waals surface area contributed by atoms with Crippen molar-refractivity contribution in [2.45, 2.75) is 26.7 Å². The zero-order chi connectivity index (χ0) is 11.4. The maximum Gasteiger partial charge on any atom is 0.341 e. The molecule has 0 bridgehead atoms. The highest BCUT2D eigenvalue weighted by molar-refractivity contribution is 5.90. The molecule has 0 saturated carbocycles. The van der Waals surface area contributed by atoms with Crippen molar-refractivity contribution in [3.8, 4) is 0 Å². The molecule has 0 spiro atoms. The van der Waals surface area contributed by atoms with E-state index in [0.717, 1.165) is 0 Å². The van der Waals surface area contributed by atoms with Crippen LogP contribution in [0.15, 0.2) is 18.2 Å². The van der Waals surface area contributed by atoms with E-state index < -0.39 is 11.8 Å². The predicted molar refractivity (Wildman–Crippen MR) is 56.4 cm³/mol. The number of esters is 1. The third kappa shape index (κ3) is 2.55. The zero-order valence-corrected chi connectivity index (χ0v) is 9.21. The summed E-state index contributed by atoms with van der Waals surface area (Å²) in [7, 11) is 0. The first-order valence-electron chi connectivity index (χ1n) is 5.03. The Balaban J connectivity index is 3.09. The molecule has 0 atom stereocenters. The van der Waals surface area contributed by atoms with Crippen molar-refractivity contribution < 1.29 is 13.9 Å². The highest BCUT2D eigenvalue weighted by Gasteiger charge is 2.16. The number of rotatable bonds is 3. The maximum absolute atomic E-state index is 13.8. The summed E-state index contributed by atoms with van der Waals surface area (Å²) in [6.07, 6.45) is 0. The number of hydrogen-bond acceptors (Lipinski definition) is 2. The molecule has 0 unspecified atom stereocenters. The van der Waals surface area contributed by atoms with E-state index in [1.165, 1.54) is 6.07 Å². The molecule has 3 heteroatoms. The van der Waals surface area contributed by atoms with Crippen LogP contribution in [0.25, 0.3) is 0 Å². The molecule has 82 valence electrons. The van der Waals surface area contributed by atoms with E-state index in [1.54, 1.807) is 19.1 Å². The van der Waals surface area contributed by atoms with Gasteiger partial charge in [-0.15, -0.1) is 0 Å². The molecule has 1 aromatic carbocycles. The first-order valence-corrected chi connectivity index (χ1v) is 5.03. The van der Waals surface area contributed by atoms with E-state index in [0.29, 0.717) is 5.56 Å². The van der Waals surface area contributed by atoms with Crippen molar-refractivity contribution in [3.05, 3.63) is 35.1 Å². The average Bonchev–Trinajstić information content (AvgIpc) is 2.17. The summed E-state index contributed by atoms with van der Waals surface area (Å²) in [5.41, 5.74) is 0.559. The van der Waals surface area contributed by atoms with Gasteiger partial charge in [0.05, 0.1) is 12.2 Å². The van der Waals surface area contributed by atoms with Gasteiger partial charge in [-0.25, -0.2) is 9.18 Å². The lowest BCUT2D eigenvalue weighted by Crippen LogP contribution is -2.09. The topological polar surface area (TPSA) is 26.3 Å². The average molecular weight is 210 g/mol. The first kappa shape index (κ1) is 11.7. The number of halogens is 1. The SMILES string of the molecule is CCOC(=O)c1cccc(C(C)C)c1F. The number of benzene rings is 1. The molecule has 0 N–H and O–H groups in total. The summed E-state index contributed by atoms with van der Waals surface area (Å²) in [5.74, 6) is -1.01. The Morgan fingerprint density at radius 3 is 2.67 bits per heavy atom. The molecule has 0 radical (unpaired) electrons. The number of carbonyl (C=O) groups excluding carboxylic acids is 1. The summed E-state index contributed by atoms with van der Waals surface area (Å²) in [6, 6.07) is 4.80. The van der Waals surface area contributed by atoms with E-state index in [-0.39, 0.29) is 18.1 Å². The van der Waals surface area contributed by atoms with E-state index in [4.69, 9.17) is 4.74 Å². The van der Waals surface area contributed by atoms with Crippen LogP contribution >= 0.6 is 0 Å². The first-order chi connectivity index (χ1) is 7.07. The molecule has 0 aliphatic heterocycles. The third-order valence-corrected chi connectivity index (χ3v) is 2.15. The largest absolute Gasteiger partial charge is 0.462 e. The van der Waals surface area contributed by atoms with E-state index in [1.807, 2.05) is 13.8 Å². The van der Waals surface area contributed by atoms with Crippen LogP contribution in [-0.4, -0.2) is 12.6 Å². The molecule has 0 saturated heterocycles. The van der Waals surface area contributed by atoms with Crippen LogP contribution in [0.2, 0.25) is 0 Å². The van der Waals surface area contributed by atoms with Gasteiger partial charge in [0.25, 0.3) is 0 Å². The van der Waals surface area contributed by atoms with Crippen LogP contribution in [0, 0.1) is 5.82 Å². The Morgan fingerprint density at radius 1 is 1.47 bits per heavy atom. The van der Waals surface area contributed by atoms with Gasteiger partial charge in [0.2, 0.25) is 0 Å². The van der Waals surface area contributed by atoms with E-state index in [2.05, 4.69) is 0 Å². The van der Waals surface area contributed by atoms with Crippen molar-refractivity contribution in [2.75, 3.05) is 6.61 Å². The quantitative estimate of drug-likeness (QED) is 0.716. The number of carbonyl (C=O) groups is 1. The van der Waals surface area contributed by atoms with Crippen molar-refractivity contribution in [1.29, 1.82) is 0 Å². The summed E-state index contributed by atoms with van der Waals surface area (Å²) in [5, 5.41) is 0. The molecule has 0 heterocycles. The Kier molecular flexibility index (Phi) is 3.83. The second-order valence-electron chi connectivity index (χ2n) is 3.58. The van der Waals surface area contributed by atoms with Crippen molar-refractivity contribution in [1.82, 2.24) is 0 Å². The van der Waals surface area contributed by atoms with Gasteiger partial charge in [-0.3, -0.25) is 0 Å². The Morgan fingerprint density at radius 2 is 2.13 bits per heavy atom. The van der Waals surface area contributed by atoms with Gasteiger partial charge in [0.15, 0.2) is 0 Å². The van der Waals surface area contributed by atoms with Crippen molar-refractivity contribution in [3.63, 3.8) is 0 Å². The Hall–Kier alpha value is -1.38. The molecule has 1 aromatic rings. The second-order valence-corrected chi connectivity index (χ2v) is 3.58. The van der Waals surface area contributed by atoms with Crippen LogP contribution < -0.4 is 0 Å². The van der Waals surface area contributed by atoms with Crippen molar-refractivity contribution >= 4 is 5.97 Å². The molecule has 0 aliphatic rings. The summed E-state index contributed by atoms with van der Waals surface area (Å²) in [6.45, 7) is 5.72. The van der Waals surface area contributed by atoms with Gasteiger partial charge in [-0.2, -0.15) is 0 Å². The Bertz CT molecular complexity index is 359. The maximum atomic E-state index is 13.8. The minimum atomic E-state index is -0.600. The van der Waals surface area contributed by atoms with Crippen LogP contribution in [0.4, 0.5) is 4.39 Å². The number of ether oxygens (including phenoxy) is 1. The number of hydrogen-bond donors (Lipinski definition) is 0. The minimum absolute atomic E-state index is 0.0167. The molecular formula is C12H15FO2. The van der Waals surface area contributed by atoms with E-state index in [9.17, 15) is 9.18 Å². The van der Waals surface area contributed by atoms with Gasteiger partial charge in [-0.1, -0.05) is 26.0 Å². The summed E-state index contributed by atoms with van der Waals surface area (Å²) >= 11 is 0. The molecule has 15 heavy (non-hydrogen) atoms. The van der Waals surface area contributed by atoms with Gasteiger partial charge in [0.1, 0.15) is 5.82 Å². The monoisotopic (exact) mass is 210 g/mol. The molecule has 0 aliphatic carbocycles. The lowest BCUT2D eigenvalue weighted by atomic mass is 10.00. The summed E-state index contributed by atoms with van der Waals surface area (Å²) in [4.78, 5) is 11.4. The molecular weight excluding hydrogens is 195 g/mol. The van der Waals surface area contributed by atoms with Crippen LogP contribution in [0.5, 0.6) is 0 Å². The minimum Gasteiger partial charge on any atom is -0.462 e. The third-order valence-electron chi connectivity index (χ3n) is 2.15. The molecule has 0 aromatic heterocycles. The van der Waals surface area contributed by atoms with Crippen LogP contribution in [-0.2, 0) is 4.74 Å². The molecule has 1 rings (SSSR count). The Labute approximate surface area is 89.1 Å². The fraction of sp³-hybridized carbons (Fsp3) is 0.417. The van der Waals surface area contributed by atoms with Crippen LogP contribution in [0.3, 0.4) is 0 Å². The highest BCUT2D eigenvalue weighted by Crippen LogP contribution is 2.21. The van der Waals surface area contributed by atoms with Crippen molar-refractivity contribution in [2.24, 2.45) is 0 Å². The zero-order valence-electron chi connectivity index (χ0n) is 9.21. The molecule has 0 amide bonds. The fourth-order valence-corrected chi connectivity index (χ4v) is 1.36. The fourth-order valence-electron chi connectivity index (χ4n) is 1.36. The van der Waals surface area contributed by atoms with E-state index >= 15 is 0 Å². The molecule has 2 nitrogen and oxygen atoms in total. The highest BCUT2D eigenvalue weighted by atomic mass is 19.1. The molecule has 0 fully saturated rings. The van der Waals surface area contributed by atoms with Gasteiger partial charge < -0.3 is 4.74 Å². The van der Waals surface area contributed by atoms with Gasteiger partial charge in [0, 0.05) is 0 Å². The second kappa shape index (κ2) is 4.91. The lowest BCUT2D eigenvalue weighted by Gasteiger charge is -2.09. The van der Waals surface area contributed by atoms with Crippen LogP contribution in [0.1, 0.15) is 42.6 Å².